The summed E-state index contributed by atoms with van der Waals surface area (Å²) in [4.78, 5) is 0. The van der Waals surface area contributed by atoms with Gasteiger partial charge >= 0.3 is 6.61 Å². The number of ether oxygens (including phenoxy) is 1. The lowest BCUT2D eigenvalue weighted by atomic mass is 9.99. The predicted octanol–water partition coefficient (Wildman–Crippen LogP) is 4.43. The molecule has 0 aromatic heterocycles. The lowest BCUT2D eigenvalue weighted by molar-refractivity contribution is -0.0499. The lowest BCUT2D eigenvalue weighted by Gasteiger charge is -2.14. The number of hydrogen-bond acceptors (Lipinski definition) is 2. The van der Waals surface area contributed by atoms with Gasteiger partial charge in [0.25, 0.3) is 0 Å². The van der Waals surface area contributed by atoms with Crippen molar-refractivity contribution in [3.63, 3.8) is 0 Å². The van der Waals surface area contributed by atoms with Gasteiger partial charge in [0.15, 0.2) is 0 Å². The number of hydrogen-bond donors (Lipinski definition) is 1. The number of halogens is 4. The van der Waals surface area contributed by atoms with Crippen LogP contribution < -0.4 is 10.5 Å². The molecule has 0 fully saturated rings. The molecule has 21 heavy (non-hydrogen) atoms. The van der Waals surface area contributed by atoms with Crippen LogP contribution in [-0.2, 0) is 6.42 Å². The maximum Gasteiger partial charge on any atom is 0.387 e. The minimum absolute atomic E-state index is 0.0540. The highest BCUT2D eigenvalue weighted by Gasteiger charge is 2.11. The van der Waals surface area contributed by atoms with Crippen LogP contribution in [0.3, 0.4) is 0 Å². The van der Waals surface area contributed by atoms with E-state index in [0.717, 1.165) is 5.56 Å². The van der Waals surface area contributed by atoms with Crippen molar-refractivity contribution >= 4 is 15.9 Å². The molecule has 2 rings (SSSR count). The normalized spacial score (nSPS) is 12.5. The zero-order valence-electron chi connectivity index (χ0n) is 10.9. The Bertz CT molecular complexity index is 601. The van der Waals surface area contributed by atoms with Crippen molar-refractivity contribution in [2.45, 2.75) is 19.1 Å². The molecule has 0 saturated carbocycles. The second-order valence-corrected chi connectivity index (χ2v) is 5.45. The molecular weight excluding hydrogens is 347 g/mol. The molecule has 0 saturated heterocycles. The van der Waals surface area contributed by atoms with E-state index in [1.54, 1.807) is 18.2 Å². The Balaban J connectivity index is 2.14. The van der Waals surface area contributed by atoms with Gasteiger partial charge < -0.3 is 10.5 Å². The summed E-state index contributed by atoms with van der Waals surface area (Å²) in [7, 11) is 0. The molecule has 112 valence electrons. The molecule has 2 nitrogen and oxygen atoms in total. The molecule has 0 aliphatic carbocycles. The number of alkyl halides is 2. The highest BCUT2D eigenvalue weighted by Crippen LogP contribution is 2.23. The topological polar surface area (TPSA) is 35.2 Å². The van der Waals surface area contributed by atoms with Gasteiger partial charge in [0, 0.05) is 10.5 Å². The summed E-state index contributed by atoms with van der Waals surface area (Å²) in [5, 5.41) is 0. The van der Waals surface area contributed by atoms with Crippen LogP contribution >= 0.6 is 15.9 Å². The Labute approximate surface area is 128 Å². The van der Waals surface area contributed by atoms with Crippen LogP contribution in [-0.4, -0.2) is 6.61 Å². The van der Waals surface area contributed by atoms with E-state index < -0.39 is 12.7 Å². The second kappa shape index (κ2) is 6.95. The minimum Gasteiger partial charge on any atom is -0.435 e. The largest absolute Gasteiger partial charge is 0.435 e. The van der Waals surface area contributed by atoms with Gasteiger partial charge in [-0.15, -0.1) is 0 Å². The van der Waals surface area contributed by atoms with Crippen molar-refractivity contribution in [3.05, 3.63) is 63.9 Å². The van der Waals surface area contributed by atoms with Crippen LogP contribution in [0, 0.1) is 5.82 Å². The van der Waals surface area contributed by atoms with Crippen LogP contribution in [0.1, 0.15) is 17.2 Å². The fourth-order valence-electron chi connectivity index (χ4n) is 2.02. The molecule has 1 unspecified atom stereocenters. The molecule has 0 heterocycles. The molecule has 0 bridgehead atoms. The van der Waals surface area contributed by atoms with Crippen LogP contribution in [0.15, 0.2) is 46.9 Å². The molecule has 2 N–H and O–H groups in total. The van der Waals surface area contributed by atoms with Crippen molar-refractivity contribution in [3.8, 4) is 5.75 Å². The van der Waals surface area contributed by atoms with Crippen molar-refractivity contribution in [1.82, 2.24) is 0 Å². The van der Waals surface area contributed by atoms with E-state index in [1.165, 1.54) is 24.3 Å². The van der Waals surface area contributed by atoms with E-state index in [-0.39, 0.29) is 11.6 Å². The van der Waals surface area contributed by atoms with Crippen LogP contribution in [0.4, 0.5) is 13.2 Å². The Morgan fingerprint density at radius 3 is 2.57 bits per heavy atom. The summed E-state index contributed by atoms with van der Waals surface area (Å²) in [6, 6.07) is 10.3. The van der Waals surface area contributed by atoms with E-state index in [4.69, 9.17) is 5.73 Å². The number of nitrogens with two attached hydrogens (primary N) is 1. The van der Waals surface area contributed by atoms with Crippen molar-refractivity contribution in [2.75, 3.05) is 0 Å². The first-order valence-electron chi connectivity index (χ1n) is 6.19. The maximum atomic E-state index is 13.3. The summed E-state index contributed by atoms with van der Waals surface area (Å²) in [6.07, 6.45) is 0.383. The van der Waals surface area contributed by atoms with Gasteiger partial charge in [-0.1, -0.05) is 28.1 Å². The van der Waals surface area contributed by atoms with E-state index in [0.29, 0.717) is 16.5 Å². The maximum absolute atomic E-state index is 13.3. The average molecular weight is 360 g/mol. The Morgan fingerprint density at radius 2 is 1.90 bits per heavy atom. The monoisotopic (exact) mass is 359 g/mol. The molecular formula is C15H13BrF3NO. The molecule has 2 aromatic rings. The van der Waals surface area contributed by atoms with Gasteiger partial charge in [0.1, 0.15) is 11.6 Å². The Kier molecular flexibility index (Phi) is 5.25. The van der Waals surface area contributed by atoms with E-state index in [1.807, 2.05) is 0 Å². The zero-order valence-corrected chi connectivity index (χ0v) is 12.5. The molecule has 0 aliphatic rings. The molecule has 0 aliphatic heterocycles. The van der Waals surface area contributed by atoms with Crippen molar-refractivity contribution < 1.29 is 17.9 Å². The average Bonchev–Trinajstić information content (AvgIpc) is 2.36. The lowest BCUT2D eigenvalue weighted by Crippen LogP contribution is -2.14. The molecule has 0 amide bonds. The first-order chi connectivity index (χ1) is 9.94. The summed E-state index contributed by atoms with van der Waals surface area (Å²) < 4.78 is 42.7. The standard InChI is InChI=1S/C15H13BrF3NO/c16-11-4-9(5-12(17)8-11)6-14(20)10-2-1-3-13(7-10)21-15(18)19/h1-5,7-8,14-15H,6,20H2. The van der Waals surface area contributed by atoms with Gasteiger partial charge in [-0.2, -0.15) is 8.78 Å². The highest BCUT2D eigenvalue weighted by molar-refractivity contribution is 9.10. The SMILES string of the molecule is NC(Cc1cc(F)cc(Br)c1)c1cccc(OC(F)F)c1. The second-order valence-electron chi connectivity index (χ2n) is 4.54. The van der Waals surface area contributed by atoms with Gasteiger partial charge in [0.05, 0.1) is 0 Å². The van der Waals surface area contributed by atoms with E-state index in [9.17, 15) is 13.2 Å². The fourth-order valence-corrected chi connectivity index (χ4v) is 2.53. The van der Waals surface area contributed by atoms with Crippen LogP contribution in [0.5, 0.6) is 5.75 Å². The Hall–Kier alpha value is -1.53. The van der Waals surface area contributed by atoms with E-state index >= 15 is 0 Å². The zero-order chi connectivity index (χ0) is 15.4. The van der Waals surface area contributed by atoms with E-state index in [2.05, 4.69) is 20.7 Å². The summed E-state index contributed by atoms with van der Waals surface area (Å²) in [6.45, 7) is -2.88. The quantitative estimate of drug-likeness (QED) is 0.856. The summed E-state index contributed by atoms with van der Waals surface area (Å²) in [5.74, 6) is -0.306. The number of benzene rings is 2. The summed E-state index contributed by atoms with van der Waals surface area (Å²) >= 11 is 3.21. The smallest absolute Gasteiger partial charge is 0.387 e. The molecule has 0 radical (unpaired) electrons. The van der Waals surface area contributed by atoms with Crippen molar-refractivity contribution in [2.24, 2.45) is 5.73 Å². The highest BCUT2D eigenvalue weighted by atomic mass is 79.9. The minimum atomic E-state index is -2.88. The van der Waals surface area contributed by atoms with Crippen LogP contribution in [0.2, 0.25) is 0 Å². The van der Waals surface area contributed by atoms with Gasteiger partial charge in [-0.05, 0) is 47.9 Å². The first-order valence-corrected chi connectivity index (χ1v) is 6.98. The third-order valence-corrected chi connectivity index (χ3v) is 3.35. The fraction of sp³-hybridized carbons (Fsp3) is 0.200. The molecule has 2 aromatic carbocycles. The van der Waals surface area contributed by atoms with Crippen LogP contribution in [0.25, 0.3) is 0 Å². The predicted molar refractivity (Wildman–Crippen MR) is 77.8 cm³/mol. The number of rotatable bonds is 5. The van der Waals surface area contributed by atoms with Gasteiger partial charge in [-0.25, -0.2) is 4.39 Å². The van der Waals surface area contributed by atoms with Gasteiger partial charge in [0.2, 0.25) is 0 Å². The third kappa shape index (κ3) is 4.75. The summed E-state index contributed by atoms with van der Waals surface area (Å²) in [5.41, 5.74) is 7.41. The molecule has 0 spiro atoms. The third-order valence-electron chi connectivity index (χ3n) is 2.89. The molecule has 1 atom stereocenters. The van der Waals surface area contributed by atoms with Gasteiger partial charge in [-0.3, -0.25) is 0 Å². The first kappa shape index (κ1) is 15.9. The molecule has 6 heteroatoms. The Morgan fingerprint density at radius 1 is 1.14 bits per heavy atom. The van der Waals surface area contributed by atoms with Crippen molar-refractivity contribution in [1.29, 1.82) is 0 Å².